The van der Waals surface area contributed by atoms with Gasteiger partial charge in [0.15, 0.2) is 0 Å². The lowest BCUT2D eigenvalue weighted by Gasteiger charge is -2.17. The Morgan fingerprint density at radius 3 is 2.36 bits per heavy atom. The molecule has 0 bridgehead atoms. The van der Waals surface area contributed by atoms with E-state index in [0.717, 1.165) is 24.6 Å². The van der Waals surface area contributed by atoms with Crippen molar-refractivity contribution in [2.45, 2.75) is 33.1 Å². The minimum Gasteiger partial charge on any atom is -0.481 e. The minimum atomic E-state index is -0.702. The van der Waals surface area contributed by atoms with Crippen molar-refractivity contribution in [2.24, 2.45) is 5.41 Å². The van der Waals surface area contributed by atoms with Crippen LogP contribution in [0, 0.1) is 5.41 Å². The van der Waals surface area contributed by atoms with E-state index in [0.29, 0.717) is 0 Å². The molecule has 0 saturated carbocycles. The largest absolute Gasteiger partial charge is 0.481 e. The lowest BCUT2D eigenvalue weighted by molar-refractivity contribution is -0.147. The van der Waals surface area contributed by atoms with Crippen LogP contribution >= 0.6 is 15.9 Å². The highest BCUT2D eigenvalue weighted by atomic mass is 79.9. The molecule has 3 heteroatoms. The molecule has 0 spiro atoms. The Morgan fingerprint density at radius 2 is 2.00 bits per heavy atom. The Morgan fingerprint density at radius 1 is 1.45 bits per heavy atom. The molecule has 0 aliphatic heterocycles. The second-order valence-electron chi connectivity index (χ2n) is 3.34. The summed E-state index contributed by atoms with van der Waals surface area (Å²) < 4.78 is 0. The van der Waals surface area contributed by atoms with E-state index < -0.39 is 11.4 Å². The summed E-state index contributed by atoms with van der Waals surface area (Å²) >= 11 is 3.31. The maximum Gasteiger partial charge on any atom is 0.309 e. The fourth-order valence-corrected chi connectivity index (χ4v) is 1.16. The summed E-state index contributed by atoms with van der Waals surface area (Å²) in [5.74, 6) is -0.702. The molecule has 0 unspecified atom stereocenters. The summed E-state index contributed by atoms with van der Waals surface area (Å²) in [5.41, 5.74) is -0.553. The molecule has 66 valence electrons. The maximum absolute atomic E-state index is 10.6. The minimum absolute atomic E-state index is 0.553. The summed E-state index contributed by atoms with van der Waals surface area (Å²) in [6.07, 6.45) is 2.79. The van der Waals surface area contributed by atoms with Gasteiger partial charge in [-0.05, 0) is 26.7 Å². The summed E-state index contributed by atoms with van der Waals surface area (Å²) in [7, 11) is 0. The van der Waals surface area contributed by atoms with Crippen molar-refractivity contribution < 1.29 is 9.90 Å². The van der Waals surface area contributed by atoms with Crippen LogP contribution in [0.25, 0.3) is 0 Å². The van der Waals surface area contributed by atoms with E-state index in [1.807, 2.05) is 0 Å². The van der Waals surface area contributed by atoms with E-state index in [2.05, 4.69) is 15.9 Å². The van der Waals surface area contributed by atoms with E-state index in [-0.39, 0.29) is 0 Å². The highest BCUT2D eigenvalue weighted by Gasteiger charge is 2.25. The highest BCUT2D eigenvalue weighted by molar-refractivity contribution is 9.09. The third-order valence-corrected chi connectivity index (χ3v) is 2.33. The number of hydrogen-bond donors (Lipinski definition) is 1. The molecule has 0 rings (SSSR count). The number of hydrogen-bond acceptors (Lipinski definition) is 1. The average molecular weight is 223 g/mol. The number of carbonyl (C=O) groups is 1. The second kappa shape index (κ2) is 4.75. The molecule has 0 aromatic heterocycles. The molecule has 0 saturated heterocycles. The molecule has 0 aromatic rings. The van der Waals surface area contributed by atoms with Crippen LogP contribution in [0.15, 0.2) is 0 Å². The molecule has 11 heavy (non-hydrogen) atoms. The first-order valence-electron chi connectivity index (χ1n) is 3.80. The van der Waals surface area contributed by atoms with Gasteiger partial charge in [-0.3, -0.25) is 4.79 Å². The predicted octanol–water partition coefficient (Wildman–Crippen LogP) is 2.66. The van der Waals surface area contributed by atoms with E-state index in [9.17, 15) is 4.79 Å². The Bertz CT molecular complexity index is 132. The van der Waals surface area contributed by atoms with Gasteiger partial charge in [0.2, 0.25) is 0 Å². The number of carboxylic acid groups (broad SMARTS) is 1. The SMILES string of the molecule is CC(C)(CCCCBr)C(=O)O. The van der Waals surface area contributed by atoms with Crippen LogP contribution < -0.4 is 0 Å². The van der Waals surface area contributed by atoms with E-state index in [1.54, 1.807) is 13.8 Å². The Labute approximate surface area is 76.1 Å². The Hall–Kier alpha value is -0.0500. The van der Waals surface area contributed by atoms with Gasteiger partial charge in [-0.15, -0.1) is 0 Å². The molecule has 0 radical (unpaired) electrons. The molecule has 0 heterocycles. The smallest absolute Gasteiger partial charge is 0.309 e. The molecule has 1 N–H and O–H groups in total. The van der Waals surface area contributed by atoms with Crippen LogP contribution in [0.3, 0.4) is 0 Å². The number of unbranched alkanes of at least 4 members (excludes halogenated alkanes) is 1. The van der Waals surface area contributed by atoms with Gasteiger partial charge in [-0.2, -0.15) is 0 Å². The summed E-state index contributed by atoms with van der Waals surface area (Å²) in [6, 6.07) is 0. The van der Waals surface area contributed by atoms with Crippen LogP contribution in [0.1, 0.15) is 33.1 Å². The molecule has 0 atom stereocenters. The van der Waals surface area contributed by atoms with Crippen LogP contribution in [-0.2, 0) is 4.79 Å². The summed E-state index contributed by atoms with van der Waals surface area (Å²) in [4.78, 5) is 10.6. The number of rotatable bonds is 5. The zero-order valence-electron chi connectivity index (χ0n) is 7.06. The monoisotopic (exact) mass is 222 g/mol. The standard InChI is InChI=1S/C8H15BrO2/c1-8(2,7(10)11)5-3-4-6-9/h3-6H2,1-2H3,(H,10,11). The first-order chi connectivity index (χ1) is 5.00. The van der Waals surface area contributed by atoms with Crippen molar-refractivity contribution in [1.29, 1.82) is 0 Å². The van der Waals surface area contributed by atoms with Gasteiger partial charge >= 0.3 is 5.97 Å². The third kappa shape index (κ3) is 4.40. The Kier molecular flexibility index (Phi) is 4.73. The predicted molar refractivity (Wildman–Crippen MR) is 49.1 cm³/mol. The molecule has 0 amide bonds. The van der Waals surface area contributed by atoms with Crippen molar-refractivity contribution in [2.75, 3.05) is 5.33 Å². The molecule has 0 aliphatic rings. The van der Waals surface area contributed by atoms with Crippen molar-refractivity contribution >= 4 is 21.9 Å². The molecule has 2 nitrogen and oxygen atoms in total. The number of alkyl halides is 1. The van der Waals surface area contributed by atoms with Gasteiger partial charge in [-0.1, -0.05) is 22.4 Å². The van der Waals surface area contributed by atoms with Gasteiger partial charge in [0.05, 0.1) is 5.41 Å². The van der Waals surface area contributed by atoms with Gasteiger partial charge in [-0.25, -0.2) is 0 Å². The normalized spacial score (nSPS) is 11.5. The third-order valence-electron chi connectivity index (χ3n) is 1.76. The molecular formula is C8H15BrO2. The number of aliphatic carboxylic acids is 1. The van der Waals surface area contributed by atoms with E-state index in [4.69, 9.17) is 5.11 Å². The zero-order chi connectivity index (χ0) is 8.91. The van der Waals surface area contributed by atoms with Crippen molar-refractivity contribution in [3.05, 3.63) is 0 Å². The maximum atomic E-state index is 10.6. The molecule has 0 fully saturated rings. The topological polar surface area (TPSA) is 37.3 Å². The number of carboxylic acids is 1. The van der Waals surface area contributed by atoms with Crippen LogP contribution in [0.2, 0.25) is 0 Å². The first kappa shape index (κ1) is 11.0. The molecular weight excluding hydrogens is 208 g/mol. The Balaban J connectivity index is 3.64. The molecule has 0 aromatic carbocycles. The van der Waals surface area contributed by atoms with Crippen molar-refractivity contribution in [3.8, 4) is 0 Å². The summed E-state index contributed by atoms with van der Waals surface area (Å²) in [5, 5.41) is 9.69. The molecule has 0 aliphatic carbocycles. The van der Waals surface area contributed by atoms with Gasteiger partial charge in [0.1, 0.15) is 0 Å². The van der Waals surface area contributed by atoms with E-state index in [1.165, 1.54) is 0 Å². The fraction of sp³-hybridized carbons (Fsp3) is 0.875. The van der Waals surface area contributed by atoms with Gasteiger partial charge < -0.3 is 5.11 Å². The van der Waals surface area contributed by atoms with Crippen molar-refractivity contribution in [1.82, 2.24) is 0 Å². The van der Waals surface area contributed by atoms with E-state index >= 15 is 0 Å². The van der Waals surface area contributed by atoms with Gasteiger partial charge in [0.25, 0.3) is 0 Å². The van der Waals surface area contributed by atoms with Crippen LogP contribution in [0.4, 0.5) is 0 Å². The summed E-state index contributed by atoms with van der Waals surface area (Å²) in [6.45, 7) is 3.53. The fourth-order valence-electron chi connectivity index (χ4n) is 0.768. The lowest BCUT2D eigenvalue weighted by Crippen LogP contribution is -2.23. The van der Waals surface area contributed by atoms with Crippen molar-refractivity contribution in [3.63, 3.8) is 0 Å². The zero-order valence-corrected chi connectivity index (χ0v) is 8.65. The van der Waals surface area contributed by atoms with Gasteiger partial charge in [0, 0.05) is 5.33 Å². The second-order valence-corrected chi connectivity index (χ2v) is 4.13. The van der Waals surface area contributed by atoms with Crippen LogP contribution in [-0.4, -0.2) is 16.4 Å². The highest BCUT2D eigenvalue weighted by Crippen LogP contribution is 2.23. The number of halogens is 1. The first-order valence-corrected chi connectivity index (χ1v) is 4.92. The quantitative estimate of drug-likeness (QED) is 0.574. The lowest BCUT2D eigenvalue weighted by atomic mass is 9.88. The van der Waals surface area contributed by atoms with Crippen LogP contribution in [0.5, 0.6) is 0 Å². The average Bonchev–Trinajstić information content (AvgIpc) is 1.88.